The van der Waals surface area contributed by atoms with E-state index in [0.29, 0.717) is 0 Å². The molecule has 0 bridgehead atoms. The van der Waals surface area contributed by atoms with Crippen LogP contribution < -0.4 is 9.80 Å². The van der Waals surface area contributed by atoms with Gasteiger partial charge in [0.25, 0.3) is 0 Å². The molecule has 0 N–H and O–H groups in total. The van der Waals surface area contributed by atoms with Crippen LogP contribution in [0.1, 0.15) is 95.2 Å². The first-order valence-electron chi connectivity index (χ1n) is 21.3. The van der Waals surface area contributed by atoms with Crippen molar-refractivity contribution in [2.75, 3.05) is 23.9 Å². The van der Waals surface area contributed by atoms with Crippen LogP contribution in [0.2, 0.25) is 0 Å². The summed E-state index contributed by atoms with van der Waals surface area (Å²) in [6.45, 7) is 17.6. The predicted octanol–water partition coefficient (Wildman–Crippen LogP) is 12.0. The molecule has 4 aliphatic rings. The highest BCUT2D eigenvalue weighted by Gasteiger charge is 2.35. The first kappa shape index (κ1) is 42.5. The summed E-state index contributed by atoms with van der Waals surface area (Å²) in [7, 11) is 4.31. The van der Waals surface area contributed by atoms with E-state index in [2.05, 4.69) is 154 Å². The molecule has 57 heavy (non-hydrogen) atoms. The average Bonchev–Trinajstić information content (AvgIpc) is 4.01. The molecule has 4 heterocycles. The summed E-state index contributed by atoms with van der Waals surface area (Å²) >= 11 is 0. The molecule has 0 aromatic heterocycles. The number of hydrogen-bond donors (Lipinski definition) is 0. The molecule has 0 saturated heterocycles. The Morgan fingerprint density at radius 2 is 0.965 bits per heavy atom. The topological polar surface area (TPSA) is 37.2 Å². The van der Waals surface area contributed by atoms with E-state index in [-0.39, 0.29) is 0 Å². The number of likely N-dealkylation sites (N-methyl/N-ethyl adjacent to an activating group) is 1. The van der Waals surface area contributed by atoms with Crippen LogP contribution in [-0.4, -0.2) is 46.3 Å². The molecular weight excluding hydrogens is 697 g/mol. The average molecular weight is 761 g/mol. The molecule has 0 radical (unpaired) electrons. The molecule has 0 saturated carbocycles. The van der Waals surface area contributed by atoms with Gasteiger partial charge in [-0.2, -0.15) is 4.58 Å². The number of rotatable bonds is 7. The maximum Gasteiger partial charge on any atom is 0.209 e. The van der Waals surface area contributed by atoms with Crippen LogP contribution >= 0.6 is 0 Å². The lowest BCUT2D eigenvalue weighted by Crippen LogP contribution is -2.27. The van der Waals surface area contributed by atoms with Gasteiger partial charge in [0, 0.05) is 66.6 Å². The van der Waals surface area contributed by atoms with E-state index in [4.69, 9.17) is 10.2 Å². The zero-order valence-electron chi connectivity index (χ0n) is 36.2. The van der Waals surface area contributed by atoms with E-state index in [1.54, 1.807) is 0 Å². The fourth-order valence-corrected chi connectivity index (χ4v) is 8.02. The molecule has 6 nitrogen and oxygen atoms in total. The molecule has 6 heteroatoms. The highest BCUT2D eigenvalue weighted by molar-refractivity contribution is 6.08. The molecule has 0 atom stereocenters. The maximum atomic E-state index is 4.88. The van der Waals surface area contributed by atoms with Crippen molar-refractivity contribution in [3.8, 4) is 0 Å². The number of para-hydroxylation sites is 4. The molecule has 5 aromatic rings. The lowest BCUT2D eigenvalue weighted by atomic mass is 10.0. The van der Waals surface area contributed by atoms with Crippen molar-refractivity contribution in [1.82, 2.24) is 0 Å². The summed E-state index contributed by atoms with van der Waals surface area (Å²) in [6, 6.07) is 44.1. The van der Waals surface area contributed by atoms with Gasteiger partial charge in [-0.05, 0) is 28.8 Å². The van der Waals surface area contributed by atoms with Gasteiger partial charge < -0.3 is 9.80 Å². The second-order valence-electron chi connectivity index (χ2n) is 13.7. The van der Waals surface area contributed by atoms with Gasteiger partial charge in [0.2, 0.25) is 11.4 Å². The van der Waals surface area contributed by atoms with E-state index in [1.807, 2.05) is 55.4 Å². The molecule has 5 aromatic carbocycles. The Balaban J connectivity index is 0.000000732. The van der Waals surface area contributed by atoms with E-state index in [9.17, 15) is 0 Å². The summed E-state index contributed by atoms with van der Waals surface area (Å²) in [4.78, 5) is 4.50. The van der Waals surface area contributed by atoms with E-state index < -0.39 is 0 Å². The SMILES string of the molecule is CC.CC.CC.CC.CN1/C(=N/N=C2/Cc3ccccc3N2Cc2ccc(C[N+]3=C(CC4=[N+](C)c5ccccc5C4)Cc4ccccc43)cc2)Cc2ccccc21. The second kappa shape index (κ2) is 20.5. The standard InChI is InChI=1S/C43H40N6.4C2H6/c1-46-36(23-32-11-3-7-15-38(32)46)27-37-24-33-12-5-9-17-40(33)48(37)28-30-19-21-31(22-20-30)29-49-41-18-10-6-14-35(41)26-43(49)45-44-42-25-34-13-4-8-16-39(34)47(42)2;4*1-2/h3-22H,23-29H2,1-2H3;4*1-2H3/q+2;;;;/b44-42+,45-43-;;;;. The third-order valence-electron chi connectivity index (χ3n) is 10.7. The Hall–Kier alpha value is -5.62. The minimum atomic E-state index is 0.756. The number of amidine groups is 2. The molecule has 0 unspecified atom stereocenters. The van der Waals surface area contributed by atoms with Crippen molar-refractivity contribution < 1.29 is 9.15 Å². The Bertz CT molecular complexity index is 2240. The van der Waals surface area contributed by atoms with E-state index in [0.717, 1.165) is 56.9 Å². The third-order valence-corrected chi connectivity index (χ3v) is 10.7. The van der Waals surface area contributed by atoms with Gasteiger partial charge in [-0.3, -0.25) is 0 Å². The zero-order chi connectivity index (χ0) is 40.9. The fourth-order valence-electron chi connectivity index (χ4n) is 8.02. The predicted molar refractivity (Wildman–Crippen MR) is 246 cm³/mol. The minimum absolute atomic E-state index is 0.756. The number of hydrogen-bond acceptors (Lipinski definition) is 2. The summed E-state index contributed by atoms with van der Waals surface area (Å²) in [6.07, 6.45) is 4.61. The van der Waals surface area contributed by atoms with Crippen LogP contribution in [0.15, 0.2) is 132 Å². The summed E-state index contributed by atoms with van der Waals surface area (Å²) in [5.74, 6) is 1.97. The van der Waals surface area contributed by atoms with Crippen LogP contribution in [0.4, 0.5) is 22.7 Å². The van der Waals surface area contributed by atoms with Gasteiger partial charge >= 0.3 is 0 Å². The summed E-state index contributed by atoms with van der Waals surface area (Å²) in [5, 5.41) is 9.68. The van der Waals surface area contributed by atoms with Crippen molar-refractivity contribution >= 4 is 45.8 Å². The highest BCUT2D eigenvalue weighted by Crippen LogP contribution is 2.34. The summed E-state index contributed by atoms with van der Waals surface area (Å²) in [5.41, 5.74) is 16.1. The molecular formula is C51H64N6+2. The van der Waals surface area contributed by atoms with Crippen LogP contribution in [-0.2, 0) is 38.8 Å². The van der Waals surface area contributed by atoms with Gasteiger partial charge in [-0.25, -0.2) is 4.58 Å². The Kier molecular flexibility index (Phi) is 15.3. The minimum Gasteiger partial charge on any atom is -0.331 e. The van der Waals surface area contributed by atoms with E-state index >= 15 is 0 Å². The van der Waals surface area contributed by atoms with Crippen molar-refractivity contribution in [2.45, 2.75) is 101 Å². The number of fused-ring (bicyclic) bond motifs is 4. The van der Waals surface area contributed by atoms with Crippen molar-refractivity contribution in [3.05, 3.63) is 155 Å². The van der Waals surface area contributed by atoms with Crippen LogP contribution in [0.25, 0.3) is 0 Å². The number of anilines is 2. The van der Waals surface area contributed by atoms with Gasteiger partial charge in [0.05, 0.1) is 12.8 Å². The highest BCUT2D eigenvalue weighted by atomic mass is 15.4. The second-order valence-corrected chi connectivity index (χ2v) is 13.7. The first-order chi connectivity index (χ1) is 28.1. The Morgan fingerprint density at radius 1 is 0.491 bits per heavy atom. The molecule has 0 fully saturated rings. The zero-order valence-corrected chi connectivity index (χ0v) is 36.2. The monoisotopic (exact) mass is 761 g/mol. The largest absolute Gasteiger partial charge is 0.331 e. The van der Waals surface area contributed by atoms with E-state index in [1.165, 1.54) is 67.6 Å². The Labute approximate surface area is 343 Å². The van der Waals surface area contributed by atoms with Gasteiger partial charge in [-0.1, -0.05) is 152 Å². The lowest BCUT2D eigenvalue weighted by Gasteiger charge is -2.20. The molecule has 0 aliphatic carbocycles. The number of nitrogens with zero attached hydrogens (tertiary/aromatic N) is 6. The molecule has 9 rings (SSSR count). The van der Waals surface area contributed by atoms with Gasteiger partial charge in [0.1, 0.15) is 25.1 Å². The van der Waals surface area contributed by atoms with Crippen LogP contribution in [0.3, 0.4) is 0 Å². The van der Waals surface area contributed by atoms with Crippen molar-refractivity contribution in [2.24, 2.45) is 10.2 Å². The Morgan fingerprint density at radius 3 is 1.60 bits per heavy atom. The molecule has 0 spiro atoms. The lowest BCUT2D eigenvalue weighted by molar-refractivity contribution is -0.456. The third kappa shape index (κ3) is 9.17. The molecule has 296 valence electrons. The fraction of sp³-hybridized carbons (Fsp3) is 0.333. The van der Waals surface area contributed by atoms with Crippen molar-refractivity contribution in [1.29, 1.82) is 0 Å². The van der Waals surface area contributed by atoms with Gasteiger partial charge in [-0.15, -0.1) is 10.2 Å². The first-order valence-corrected chi connectivity index (χ1v) is 21.3. The van der Waals surface area contributed by atoms with Crippen LogP contribution in [0.5, 0.6) is 0 Å². The molecule has 0 amide bonds. The quantitative estimate of drug-likeness (QED) is 0.122. The summed E-state index contributed by atoms with van der Waals surface area (Å²) < 4.78 is 4.97. The van der Waals surface area contributed by atoms with Gasteiger partial charge in [0.15, 0.2) is 18.0 Å². The smallest absolute Gasteiger partial charge is 0.209 e. The number of benzene rings is 5. The maximum absolute atomic E-state index is 4.88. The molecule has 4 aliphatic heterocycles. The van der Waals surface area contributed by atoms with Crippen LogP contribution in [0, 0.1) is 0 Å². The normalized spacial score (nSPS) is 15.7. The van der Waals surface area contributed by atoms with Crippen molar-refractivity contribution in [3.63, 3.8) is 0 Å².